The molecule has 0 aliphatic carbocycles. The summed E-state index contributed by atoms with van der Waals surface area (Å²) in [5.41, 5.74) is 3.02. The lowest BCUT2D eigenvalue weighted by Crippen LogP contribution is -2.02. The van der Waals surface area contributed by atoms with Gasteiger partial charge in [-0.15, -0.1) is 0 Å². The van der Waals surface area contributed by atoms with Crippen molar-refractivity contribution in [3.63, 3.8) is 0 Å². The third-order valence-electron chi connectivity index (χ3n) is 2.76. The van der Waals surface area contributed by atoms with Gasteiger partial charge in [-0.2, -0.15) is 0 Å². The highest BCUT2D eigenvalue weighted by atomic mass is 16.5. The molecule has 0 aliphatic rings. The monoisotopic (exact) mass is 246 g/mol. The van der Waals surface area contributed by atoms with Crippen LogP contribution in [0, 0.1) is 6.92 Å². The van der Waals surface area contributed by atoms with E-state index in [2.05, 4.69) is 4.74 Å². The molecule has 0 aliphatic heterocycles. The molecule has 0 amide bonds. The number of carbonyl (C=O) groups excluding carboxylic acids is 2. The van der Waals surface area contributed by atoms with Gasteiger partial charge in [-0.1, -0.05) is 25.1 Å². The molecule has 1 aromatic rings. The van der Waals surface area contributed by atoms with E-state index in [-0.39, 0.29) is 11.8 Å². The maximum atomic E-state index is 11.4. The van der Waals surface area contributed by atoms with Gasteiger partial charge in [0.25, 0.3) is 0 Å². The lowest BCUT2D eigenvalue weighted by Gasteiger charge is -2.05. The molecule has 1 aromatic carbocycles. The zero-order chi connectivity index (χ0) is 13.5. The second kappa shape index (κ2) is 6.74. The van der Waals surface area contributed by atoms with E-state index in [9.17, 15) is 9.59 Å². The molecule has 18 heavy (non-hydrogen) atoms. The molecule has 3 nitrogen and oxygen atoms in total. The molecule has 1 rings (SSSR count). The molecule has 0 spiro atoms. The van der Waals surface area contributed by atoms with Crippen LogP contribution < -0.4 is 0 Å². The molecule has 0 aromatic heterocycles. The van der Waals surface area contributed by atoms with Crippen molar-refractivity contribution in [1.82, 2.24) is 0 Å². The molecule has 0 radical (unpaired) electrons. The van der Waals surface area contributed by atoms with E-state index in [1.54, 1.807) is 6.08 Å². The summed E-state index contributed by atoms with van der Waals surface area (Å²) in [4.78, 5) is 22.4. The quantitative estimate of drug-likeness (QED) is 0.592. The third-order valence-corrected chi connectivity index (χ3v) is 2.76. The van der Waals surface area contributed by atoms with Crippen LogP contribution in [-0.2, 0) is 20.7 Å². The minimum Gasteiger partial charge on any atom is -0.466 e. The van der Waals surface area contributed by atoms with Crippen LogP contribution in [0.1, 0.15) is 30.0 Å². The summed E-state index contributed by atoms with van der Waals surface area (Å²) in [6.07, 6.45) is 4.11. The molecule has 0 heterocycles. The molecule has 0 fully saturated rings. The third kappa shape index (κ3) is 4.17. The summed E-state index contributed by atoms with van der Waals surface area (Å²) in [6.45, 7) is 3.83. The standard InChI is InChI=1S/C15H18O3/c1-4-14(16)10-13-7-5-12(9-11(13)2)6-8-15(17)18-3/h5-9H,4,10H2,1-3H3/b8-6+. The smallest absolute Gasteiger partial charge is 0.330 e. The fourth-order valence-electron chi connectivity index (χ4n) is 1.59. The Balaban J connectivity index is 2.82. The van der Waals surface area contributed by atoms with E-state index in [1.165, 1.54) is 13.2 Å². The van der Waals surface area contributed by atoms with Crippen LogP contribution in [0.3, 0.4) is 0 Å². The molecule has 0 saturated carbocycles. The van der Waals surface area contributed by atoms with Crippen molar-refractivity contribution in [2.75, 3.05) is 7.11 Å². The first-order valence-corrected chi connectivity index (χ1v) is 5.94. The van der Waals surface area contributed by atoms with Gasteiger partial charge in [0.15, 0.2) is 0 Å². The minimum atomic E-state index is -0.377. The number of methoxy groups -OCH3 is 1. The van der Waals surface area contributed by atoms with Crippen LogP contribution in [0.4, 0.5) is 0 Å². The summed E-state index contributed by atoms with van der Waals surface area (Å²) in [7, 11) is 1.34. The summed E-state index contributed by atoms with van der Waals surface area (Å²) >= 11 is 0. The normalized spacial score (nSPS) is 10.6. The molecule has 0 saturated heterocycles. The largest absolute Gasteiger partial charge is 0.466 e. The number of benzene rings is 1. The maximum absolute atomic E-state index is 11.4. The van der Waals surface area contributed by atoms with Gasteiger partial charge in [-0.3, -0.25) is 4.79 Å². The number of esters is 1. The summed E-state index contributed by atoms with van der Waals surface area (Å²) in [6, 6.07) is 5.78. The van der Waals surface area contributed by atoms with Crippen molar-refractivity contribution in [2.24, 2.45) is 0 Å². The fourth-order valence-corrected chi connectivity index (χ4v) is 1.59. The Bertz CT molecular complexity index is 473. The number of ether oxygens (including phenoxy) is 1. The predicted molar refractivity (Wildman–Crippen MR) is 71.2 cm³/mol. The van der Waals surface area contributed by atoms with Crippen molar-refractivity contribution >= 4 is 17.8 Å². The Morgan fingerprint density at radius 1 is 1.33 bits per heavy atom. The van der Waals surface area contributed by atoms with E-state index < -0.39 is 0 Å². The highest BCUT2D eigenvalue weighted by Crippen LogP contribution is 2.14. The van der Waals surface area contributed by atoms with Crippen molar-refractivity contribution in [1.29, 1.82) is 0 Å². The van der Waals surface area contributed by atoms with Crippen LogP contribution in [0.15, 0.2) is 24.3 Å². The lowest BCUT2D eigenvalue weighted by atomic mass is 10.00. The summed E-state index contributed by atoms with van der Waals surface area (Å²) < 4.78 is 4.52. The highest BCUT2D eigenvalue weighted by Gasteiger charge is 2.04. The zero-order valence-electron chi connectivity index (χ0n) is 11.0. The highest BCUT2D eigenvalue weighted by molar-refractivity contribution is 5.87. The van der Waals surface area contributed by atoms with Gasteiger partial charge in [-0.05, 0) is 29.7 Å². The van der Waals surface area contributed by atoms with Crippen LogP contribution in [0.2, 0.25) is 0 Å². The van der Waals surface area contributed by atoms with Crippen molar-refractivity contribution in [2.45, 2.75) is 26.7 Å². The molecular formula is C15H18O3. The number of ketones is 1. The fraction of sp³-hybridized carbons (Fsp3) is 0.333. The first kappa shape index (κ1) is 14.2. The second-order valence-corrected chi connectivity index (χ2v) is 4.11. The van der Waals surface area contributed by atoms with E-state index >= 15 is 0 Å². The molecule has 0 bridgehead atoms. The van der Waals surface area contributed by atoms with Gasteiger partial charge in [0.1, 0.15) is 5.78 Å². The molecule has 0 unspecified atom stereocenters. The number of carbonyl (C=O) groups is 2. The van der Waals surface area contributed by atoms with Crippen LogP contribution >= 0.6 is 0 Å². The second-order valence-electron chi connectivity index (χ2n) is 4.11. The van der Waals surface area contributed by atoms with Gasteiger partial charge in [0.05, 0.1) is 7.11 Å². The number of aryl methyl sites for hydroxylation is 1. The van der Waals surface area contributed by atoms with Crippen molar-refractivity contribution in [3.05, 3.63) is 41.0 Å². The van der Waals surface area contributed by atoms with Gasteiger partial charge < -0.3 is 4.74 Å². The molecule has 0 atom stereocenters. The number of Topliss-reactive ketones (excluding diaryl/α,β-unsaturated/α-hetero) is 1. The number of hydrogen-bond acceptors (Lipinski definition) is 3. The van der Waals surface area contributed by atoms with Crippen molar-refractivity contribution < 1.29 is 14.3 Å². The van der Waals surface area contributed by atoms with Gasteiger partial charge in [0.2, 0.25) is 0 Å². The summed E-state index contributed by atoms with van der Waals surface area (Å²) in [5, 5.41) is 0. The van der Waals surface area contributed by atoms with E-state index in [0.717, 1.165) is 16.7 Å². The topological polar surface area (TPSA) is 43.4 Å². The molecule has 0 N–H and O–H groups in total. The van der Waals surface area contributed by atoms with Gasteiger partial charge in [0, 0.05) is 18.9 Å². The average Bonchev–Trinajstić information content (AvgIpc) is 2.38. The van der Waals surface area contributed by atoms with Gasteiger partial charge >= 0.3 is 5.97 Å². The van der Waals surface area contributed by atoms with E-state index in [4.69, 9.17) is 0 Å². The minimum absolute atomic E-state index is 0.232. The van der Waals surface area contributed by atoms with Crippen LogP contribution in [-0.4, -0.2) is 18.9 Å². The Kier molecular flexibility index (Phi) is 5.31. The zero-order valence-corrected chi connectivity index (χ0v) is 11.0. The van der Waals surface area contributed by atoms with Crippen LogP contribution in [0.25, 0.3) is 6.08 Å². The number of hydrogen-bond donors (Lipinski definition) is 0. The molecule has 3 heteroatoms. The maximum Gasteiger partial charge on any atom is 0.330 e. The predicted octanol–water partition coefficient (Wildman–Crippen LogP) is 2.70. The van der Waals surface area contributed by atoms with E-state index in [0.29, 0.717) is 12.8 Å². The van der Waals surface area contributed by atoms with Crippen LogP contribution in [0.5, 0.6) is 0 Å². The molecule has 96 valence electrons. The number of rotatable bonds is 5. The SMILES string of the molecule is CCC(=O)Cc1ccc(/C=C/C(=O)OC)cc1C. The Hall–Kier alpha value is -1.90. The first-order chi connectivity index (χ1) is 8.56. The average molecular weight is 246 g/mol. The van der Waals surface area contributed by atoms with E-state index in [1.807, 2.05) is 32.0 Å². The Labute approximate surface area is 107 Å². The first-order valence-electron chi connectivity index (χ1n) is 5.94. The van der Waals surface area contributed by atoms with Gasteiger partial charge in [-0.25, -0.2) is 4.79 Å². The molecular weight excluding hydrogens is 228 g/mol. The Morgan fingerprint density at radius 3 is 2.61 bits per heavy atom. The summed E-state index contributed by atoms with van der Waals surface area (Å²) in [5.74, 6) is -0.145. The lowest BCUT2D eigenvalue weighted by molar-refractivity contribution is -0.134. The Morgan fingerprint density at radius 2 is 2.06 bits per heavy atom. The van der Waals surface area contributed by atoms with Crippen molar-refractivity contribution in [3.8, 4) is 0 Å².